The zero-order chi connectivity index (χ0) is 25.1. The van der Waals surface area contributed by atoms with Crippen LogP contribution in [0.5, 0.6) is 0 Å². The highest BCUT2D eigenvalue weighted by Crippen LogP contribution is 2.41. The number of hydrogen-bond acceptors (Lipinski definition) is 1. The lowest BCUT2D eigenvalue weighted by Crippen LogP contribution is -2.31. The molecule has 0 aliphatic heterocycles. The SMILES string of the molecule is C1=C\C=C/C(N(CP(c2ccccc2)c2ccccc2)CP(c2ccccc2)c2ccccc2)=C\C=C/1. The molecular formula is C34H31NP2. The number of hydrogen-bond donors (Lipinski definition) is 0. The molecule has 4 aromatic rings. The van der Waals surface area contributed by atoms with Gasteiger partial charge in [0.05, 0.1) is 0 Å². The maximum atomic E-state index is 2.62. The second-order valence-corrected chi connectivity index (χ2v) is 13.1. The third-order valence-corrected chi connectivity index (χ3v) is 11.2. The second-order valence-electron chi connectivity index (χ2n) is 8.74. The van der Waals surface area contributed by atoms with Gasteiger partial charge in [0.25, 0.3) is 0 Å². The number of benzene rings is 4. The van der Waals surface area contributed by atoms with E-state index < -0.39 is 15.8 Å². The van der Waals surface area contributed by atoms with Gasteiger partial charge in [-0.1, -0.05) is 152 Å². The molecule has 0 spiro atoms. The van der Waals surface area contributed by atoms with Gasteiger partial charge in [0.15, 0.2) is 0 Å². The van der Waals surface area contributed by atoms with Crippen LogP contribution in [0, 0.1) is 0 Å². The standard InChI is InChI=1S/C34H31NP2/c1-2-8-18-30(19-9-3-1)35(28-36(31-20-10-4-11-21-31)32-22-12-5-13-23-32)29-37(33-24-14-6-15-25-33)34-26-16-7-17-27-34/h1-27H,28-29H2/b2-1-,3-1?,8-2?,9-3-,18-8-,19-9?,30-18?,30-19+. The maximum absolute atomic E-state index is 2.62. The lowest BCUT2D eigenvalue weighted by atomic mass is 10.2. The van der Waals surface area contributed by atoms with Gasteiger partial charge in [-0.05, 0) is 49.2 Å². The minimum atomic E-state index is -0.579. The van der Waals surface area contributed by atoms with Crippen molar-refractivity contribution in [2.45, 2.75) is 0 Å². The molecule has 4 aromatic carbocycles. The molecule has 182 valence electrons. The van der Waals surface area contributed by atoms with E-state index in [9.17, 15) is 0 Å². The first-order valence-corrected chi connectivity index (χ1v) is 15.7. The van der Waals surface area contributed by atoms with Crippen molar-refractivity contribution in [3.63, 3.8) is 0 Å². The zero-order valence-electron chi connectivity index (χ0n) is 20.8. The Hall–Kier alpha value is -3.50. The first-order chi connectivity index (χ1) is 18.4. The summed E-state index contributed by atoms with van der Waals surface area (Å²) in [5.74, 6) is 0. The van der Waals surface area contributed by atoms with Gasteiger partial charge in [0.2, 0.25) is 0 Å². The molecule has 1 nitrogen and oxygen atoms in total. The molecule has 0 unspecified atom stereocenters. The van der Waals surface area contributed by atoms with Gasteiger partial charge < -0.3 is 4.90 Å². The summed E-state index contributed by atoms with van der Waals surface area (Å²) < 4.78 is 0. The van der Waals surface area contributed by atoms with Gasteiger partial charge in [-0.25, -0.2) is 0 Å². The lowest BCUT2D eigenvalue weighted by molar-refractivity contribution is 0.484. The summed E-state index contributed by atoms with van der Waals surface area (Å²) >= 11 is 0. The minimum Gasteiger partial charge on any atom is -0.362 e. The van der Waals surface area contributed by atoms with Gasteiger partial charge in [-0.3, -0.25) is 0 Å². The zero-order valence-corrected chi connectivity index (χ0v) is 22.6. The third-order valence-electron chi connectivity index (χ3n) is 6.24. The van der Waals surface area contributed by atoms with Crippen molar-refractivity contribution < 1.29 is 0 Å². The van der Waals surface area contributed by atoms with E-state index in [-0.39, 0.29) is 0 Å². The van der Waals surface area contributed by atoms with Gasteiger partial charge in [-0.2, -0.15) is 0 Å². The van der Waals surface area contributed by atoms with Crippen LogP contribution in [0.2, 0.25) is 0 Å². The Labute approximate surface area is 223 Å². The molecule has 0 amide bonds. The van der Waals surface area contributed by atoms with Crippen molar-refractivity contribution in [3.8, 4) is 0 Å². The Morgan fingerprint density at radius 1 is 0.405 bits per heavy atom. The van der Waals surface area contributed by atoms with Crippen molar-refractivity contribution in [3.05, 3.63) is 170 Å². The van der Waals surface area contributed by atoms with E-state index in [1.807, 2.05) is 0 Å². The predicted octanol–water partition coefficient (Wildman–Crippen LogP) is 7.04. The van der Waals surface area contributed by atoms with Crippen LogP contribution < -0.4 is 21.2 Å². The first kappa shape index (κ1) is 25.2. The number of rotatable bonds is 9. The van der Waals surface area contributed by atoms with Crippen molar-refractivity contribution in [2.24, 2.45) is 0 Å². The summed E-state index contributed by atoms with van der Waals surface area (Å²) in [6.07, 6.45) is 17.0. The molecule has 1 aliphatic carbocycles. The van der Waals surface area contributed by atoms with E-state index in [4.69, 9.17) is 0 Å². The topological polar surface area (TPSA) is 3.24 Å². The summed E-state index contributed by atoms with van der Waals surface area (Å²) in [4.78, 5) is 2.62. The fourth-order valence-corrected chi connectivity index (χ4v) is 9.12. The highest BCUT2D eigenvalue weighted by molar-refractivity contribution is 7.73. The Balaban J connectivity index is 1.57. The molecule has 0 radical (unpaired) electrons. The monoisotopic (exact) mass is 515 g/mol. The summed E-state index contributed by atoms with van der Waals surface area (Å²) in [5, 5.41) is 5.62. The van der Waals surface area contributed by atoms with Crippen LogP contribution in [0.3, 0.4) is 0 Å². The molecule has 0 saturated carbocycles. The Morgan fingerprint density at radius 3 is 1.16 bits per heavy atom. The molecule has 1 aliphatic rings. The fourth-order valence-electron chi connectivity index (χ4n) is 4.37. The molecule has 37 heavy (non-hydrogen) atoms. The van der Waals surface area contributed by atoms with Crippen LogP contribution in [-0.2, 0) is 0 Å². The molecule has 0 fully saturated rings. The number of allylic oxidation sites excluding steroid dienone is 7. The van der Waals surface area contributed by atoms with Gasteiger partial charge in [-0.15, -0.1) is 0 Å². The van der Waals surface area contributed by atoms with E-state index in [0.717, 1.165) is 12.6 Å². The Bertz CT molecular complexity index is 1200. The van der Waals surface area contributed by atoms with Crippen molar-refractivity contribution in [1.82, 2.24) is 4.90 Å². The van der Waals surface area contributed by atoms with Crippen LogP contribution in [0.15, 0.2) is 170 Å². The summed E-state index contributed by atoms with van der Waals surface area (Å²) in [7, 11) is -1.16. The van der Waals surface area contributed by atoms with Crippen LogP contribution >= 0.6 is 15.8 Å². The third kappa shape index (κ3) is 6.84. The van der Waals surface area contributed by atoms with Gasteiger partial charge in [0, 0.05) is 18.3 Å². The molecule has 3 heteroatoms. The quantitative estimate of drug-likeness (QED) is 0.216. The molecular weight excluding hydrogens is 484 g/mol. The lowest BCUT2D eigenvalue weighted by Gasteiger charge is -2.34. The van der Waals surface area contributed by atoms with Gasteiger partial charge in [0.1, 0.15) is 0 Å². The van der Waals surface area contributed by atoms with Crippen LogP contribution in [0.25, 0.3) is 0 Å². The number of nitrogens with zero attached hydrogens (tertiary/aromatic N) is 1. The molecule has 0 N–H and O–H groups in total. The first-order valence-electron chi connectivity index (χ1n) is 12.6. The highest BCUT2D eigenvalue weighted by atomic mass is 31.1. The van der Waals surface area contributed by atoms with Crippen molar-refractivity contribution in [2.75, 3.05) is 12.6 Å². The molecule has 0 aromatic heterocycles. The van der Waals surface area contributed by atoms with Crippen LogP contribution in [0.1, 0.15) is 0 Å². The summed E-state index contributed by atoms with van der Waals surface area (Å²) in [5.41, 5.74) is 1.25. The molecule has 0 heterocycles. The molecule has 0 saturated heterocycles. The average molecular weight is 516 g/mol. The average Bonchev–Trinajstić information content (AvgIpc) is 2.95. The minimum absolute atomic E-state index is 0.579. The molecule has 0 atom stereocenters. The predicted molar refractivity (Wildman–Crippen MR) is 165 cm³/mol. The van der Waals surface area contributed by atoms with E-state index >= 15 is 0 Å². The normalized spacial score (nSPS) is 16.9. The maximum Gasteiger partial charge on any atom is 0.0463 e. The second kappa shape index (κ2) is 13.2. The molecule has 0 bridgehead atoms. The smallest absolute Gasteiger partial charge is 0.0463 e. The fraction of sp³-hybridized carbons (Fsp3) is 0.0588. The van der Waals surface area contributed by atoms with Crippen molar-refractivity contribution in [1.29, 1.82) is 0 Å². The van der Waals surface area contributed by atoms with E-state index in [1.165, 1.54) is 26.9 Å². The van der Waals surface area contributed by atoms with Crippen LogP contribution in [-0.4, -0.2) is 17.5 Å². The Kier molecular flexibility index (Phi) is 8.95. The highest BCUT2D eigenvalue weighted by Gasteiger charge is 2.23. The summed E-state index contributed by atoms with van der Waals surface area (Å²) in [6, 6.07) is 44.1. The van der Waals surface area contributed by atoms with Crippen LogP contribution in [0.4, 0.5) is 0 Å². The largest absolute Gasteiger partial charge is 0.362 e. The van der Waals surface area contributed by atoms with Gasteiger partial charge >= 0.3 is 0 Å². The summed E-state index contributed by atoms with van der Waals surface area (Å²) in [6.45, 7) is 0. The Morgan fingerprint density at radius 2 is 0.757 bits per heavy atom. The molecule has 5 rings (SSSR count). The van der Waals surface area contributed by atoms with E-state index in [0.29, 0.717) is 0 Å². The van der Waals surface area contributed by atoms with E-state index in [1.54, 1.807) is 0 Å². The van der Waals surface area contributed by atoms with E-state index in [2.05, 4.69) is 169 Å². The van der Waals surface area contributed by atoms with Crippen molar-refractivity contribution >= 4 is 37.1 Å².